The highest BCUT2D eigenvalue weighted by Crippen LogP contribution is 2.31. The first-order valence-electron chi connectivity index (χ1n) is 8.92. The van der Waals surface area contributed by atoms with Crippen LogP contribution in [0.2, 0.25) is 0 Å². The van der Waals surface area contributed by atoms with Crippen molar-refractivity contribution in [1.29, 1.82) is 0 Å². The van der Waals surface area contributed by atoms with Gasteiger partial charge in [0.25, 0.3) is 5.69 Å². The monoisotopic (exact) mass is 348 g/mol. The van der Waals surface area contributed by atoms with E-state index >= 15 is 0 Å². The minimum absolute atomic E-state index is 0.0322. The number of esters is 1. The summed E-state index contributed by atoms with van der Waals surface area (Å²) in [5, 5.41) is 11.2. The third-order valence-electron chi connectivity index (χ3n) is 4.93. The second-order valence-electron chi connectivity index (χ2n) is 6.63. The molecule has 0 N–H and O–H groups in total. The van der Waals surface area contributed by atoms with Crippen LogP contribution < -0.4 is 4.90 Å². The van der Waals surface area contributed by atoms with Crippen LogP contribution in [-0.4, -0.2) is 43.3 Å². The van der Waals surface area contributed by atoms with Gasteiger partial charge in [-0.05, 0) is 38.2 Å². The maximum Gasteiger partial charge on any atom is 0.309 e. The van der Waals surface area contributed by atoms with E-state index in [1.807, 2.05) is 4.90 Å². The summed E-state index contributed by atoms with van der Waals surface area (Å²) in [4.78, 5) is 25.0. The number of hydrogen-bond donors (Lipinski definition) is 0. The van der Waals surface area contributed by atoms with Gasteiger partial charge in [0.2, 0.25) is 0 Å². The highest BCUT2D eigenvalue weighted by atomic mass is 16.6. The second-order valence-corrected chi connectivity index (χ2v) is 6.63. The number of ether oxygens (including phenoxy) is 2. The number of carbonyl (C=O) groups is 1. The number of nitro benzene ring substituents is 1. The lowest BCUT2D eigenvalue weighted by Gasteiger charge is -2.32. The van der Waals surface area contributed by atoms with Crippen molar-refractivity contribution in [2.24, 2.45) is 5.92 Å². The lowest BCUT2D eigenvalue weighted by Crippen LogP contribution is -2.38. The molecular formula is C18H24N2O5. The van der Waals surface area contributed by atoms with Crippen LogP contribution in [0.3, 0.4) is 0 Å². The molecule has 7 nitrogen and oxygen atoms in total. The Hall–Kier alpha value is -2.15. The molecule has 7 heteroatoms. The van der Waals surface area contributed by atoms with Gasteiger partial charge in [0.05, 0.1) is 16.9 Å². The largest absolute Gasteiger partial charge is 0.463 e. The number of benzene rings is 1. The molecule has 2 heterocycles. The quantitative estimate of drug-likeness (QED) is 0.462. The van der Waals surface area contributed by atoms with Crippen molar-refractivity contribution < 1.29 is 19.2 Å². The van der Waals surface area contributed by atoms with Crippen molar-refractivity contribution in [2.45, 2.75) is 38.2 Å². The summed E-state index contributed by atoms with van der Waals surface area (Å²) in [5.74, 6) is -0.306. The summed E-state index contributed by atoms with van der Waals surface area (Å²) in [6, 6.07) is 6.74. The van der Waals surface area contributed by atoms with Crippen LogP contribution in [0.15, 0.2) is 24.3 Å². The molecule has 0 spiro atoms. The topological polar surface area (TPSA) is 81.9 Å². The maximum absolute atomic E-state index is 12.3. The van der Waals surface area contributed by atoms with E-state index in [1.54, 1.807) is 18.2 Å². The van der Waals surface area contributed by atoms with Gasteiger partial charge in [-0.2, -0.15) is 0 Å². The number of nitro groups is 1. The first-order valence-corrected chi connectivity index (χ1v) is 8.92. The Labute approximate surface area is 147 Å². The van der Waals surface area contributed by atoms with Crippen molar-refractivity contribution in [3.63, 3.8) is 0 Å². The van der Waals surface area contributed by atoms with E-state index < -0.39 is 0 Å². The molecule has 1 unspecified atom stereocenters. The highest BCUT2D eigenvalue weighted by molar-refractivity contribution is 5.73. The van der Waals surface area contributed by atoms with Gasteiger partial charge >= 0.3 is 5.97 Å². The Balaban J connectivity index is 1.50. The Morgan fingerprint density at radius 2 is 2.00 bits per heavy atom. The van der Waals surface area contributed by atoms with Crippen LogP contribution in [0.25, 0.3) is 0 Å². The van der Waals surface area contributed by atoms with Gasteiger partial charge in [0.1, 0.15) is 12.3 Å². The minimum atomic E-state index is -0.361. The Morgan fingerprint density at radius 3 is 2.68 bits per heavy atom. The average Bonchev–Trinajstić information content (AvgIpc) is 2.67. The van der Waals surface area contributed by atoms with Crippen molar-refractivity contribution >= 4 is 17.3 Å². The van der Waals surface area contributed by atoms with E-state index in [9.17, 15) is 14.9 Å². The first-order chi connectivity index (χ1) is 12.1. The van der Waals surface area contributed by atoms with Gasteiger partial charge in [-0.15, -0.1) is 0 Å². The normalized spacial score (nSPS) is 21.8. The van der Waals surface area contributed by atoms with E-state index in [0.29, 0.717) is 38.2 Å². The van der Waals surface area contributed by atoms with E-state index in [2.05, 4.69) is 0 Å². The molecule has 0 bridgehead atoms. The van der Waals surface area contributed by atoms with Crippen LogP contribution in [0.5, 0.6) is 0 Å². The summed E-state index contributed by atoms with van der Waals surface area (Å²) >= 11 is 0. The molecule has 2 aliphatic rings. The molecule has 0 aliphatic carbocycles. The third-order valence-corrected chi connectivity index (χ3v) is 4.93. The van der Waals surface area contributed by atoms with E-state index in [1.165, 1.54) is 6.07 Å². The number of nitrogens with zero attached hydrogens (tertiary/aromatic N) is 2. The van der Waals surface area contributed by atoms with Crippen LogP contribution >= 0.6 is 0 Å². The fourth-order valence-electron chi connectivity index (χ4n) is 3.47. The molecule has 2 fully saturated rings. The standard InChI is InChI=1S/C18H24N2O5/c21-18(25-13-15-5-3-4-12-24-15)14-8-10-19(11-9-14)16-6-1-2-7-17(16)20(22)23/h1-2,6-7,14-15H,3-5,8-13H2. The van der Waals surface area contributed by atoms with Crippen molar-refractivity contribution in [3.05, 3.63) is 34.4 Å². The average molecular weight is 348 g/mol. The number of para-hydroxylation sites is 2. The smallest absolute Gasteiger partial charge is 0.309 e. The highest BCUT2D eigenvalue weighted by Gasteiger charge is 2.29. The minimum Gasteiger partial charge on any atom is -0.463 e. The Morgan fingerprint density at radius 1 is 1.24 bits per heavy atom. The van der Waals surface area contributed by atoms with Gasteiger partial charge in [-0.3, -0.25) is 14.9 Å². The SMILES string of the molecule is O=C(OCC1CCCCO1)C1CCN(c2ccccc2[N+](=O)[O-])CC1. The van der Waals surface area contributed by atoms with Crippen LogP contribution in [0.4, 0.5) is 11.4 Å². The number of anilines is 1. The molecule has 0 radical (unpaired) electrons. The summed E-state index contributed by atoms with van der Waals surface area (Å²) in [6.45, 7) is 2.31. The van der Waals surface area contributed by atoms with Crippen molar-refractivity contribution in [3.8, 4) is 0 Å². The number of carbonyl (C=O) groups excluding carboxylic acids is 1. The molecule has 1 aromatic rings. The molecular weight excluding hydrogens is 324 g/mol. The molecule has 25 heavy (non-hydrogen) atoms. The zero-order chi connectivity index (χ0) is 17.6. The first kappa shape index (κ1) is 17.7. The van der Waals surface area contributed by atoms with Gasteiger partial charge in [0, 0.05) is 25.8 Å². The third kappa shape index (κ3) is 4.48. The molecule has 1 aromatic carbocycles. The summed E-state index contributed by atoms with van der Waals surface area (Å²) in [7, 11) is 0. The number of piperidine rings is 1. The zero-order valence-corrected chi connectivity index (χ0v) is 14.3. The van der Waals surface area contributed by atoms with E-state index in [0.717, 1.165) is 25.9 Å². The molecule has 0 aromatic heterocycles. The Kier molecular flexibility index (Phi) is 5.86. The second kappa shape index (κ2) is 8.29. The van der Waals surface area contributed by atoms with E-state index in [-0.39, 0.29) is 28.6 Å². The fraction of sp³-hybridized carbons (Fsp3) is 0.611. The summed E-state index contributed by atoms with van der Waals surface area (Å²) < 4.78 is 11.0. The molecule has 0 saturated carbocycles. The lowest BCUT2D eigenvalue weighted by molar-refractivity contribution is -0.384. The van der Waals surface area contributed by atoms with Crippen LogP contribution in [0, 0.1) is 16.0 Å². The van der Waals surface area contributed by atoms with Crippen molar-refractivity contribution in [1.82, 2.24) is 0 Å². The van der Waals surface area contributed by atoms with Gasteiger partial charge in [0.15, 0.2) is 0 Å². The molecule has 2 aliphatic heterocycles. The predicted octanol–water partition coefficient (Wildman–Crippen LogP) is 2.92. The molecule has 136 valence electrons. The number of rotatable bonds is 5. The summed E-state index contributed by atoms with van der Waals surface area (Å²) in [6.07, 6.45) is 4.48. The number of hydrogen-bond acceptors (Lipinski definition) is 6. The molecule has 1 atom stereocenters. The lowest BCUT2D eigenvalue weighted by atomic mass is 9.96. The zero-order valence-electron chi connectivity index (χ0n) is 14.3. The predicted molar refractivity (Wildman–Crippen MR) is 92.6 cm³/mol. The molecule has 2 saturated heterocycles. The fourth-order valence-corrected chi connectivity index (χ4v) is 3.47. The molecule has 3 rings (SSSR count). The maximum atomic E-state index is 12.3. The van der Waals surface area contributed by atoms with Crippen LogP contribution in [0.1, 0.15) is 32.1 Å². The van der Waals surface area contributed by atoms with Crippen LogP contribution in [-0.2, 0) is 14.3 Å². The van der Waals surface area contributed by atoms with E-state index in [4.69, 9.17) is 9.47 Å². The molecule has 0 amide bonds. The van der Waals surface area contributed by atoms with Crippen molar-refractivity contribution in [2.75, 3.05) is 31.2 Å². The van der Waals surface area contributed by atoms with Gasteiger partial charge in [-0.25, -0.2) is 0 Å². The summed E-state index contributed by atoms with van der Waals surface area (Å²) in [5.41, 5.74) is 0.730. The van der Waals surface area contributed by atoms with Gasteiger partial charge < -0.3 is 14.4 Å². The van der Waals surface area contributed by atoms with Gasteiger partial charge in [-0.1, -0.05) is 12.1 Å². The Bertz CT molecular complexity index is 607.